The minimum atomic E-state index is -0.212. The highest BCUT2D eigenvalue weighted by Crippen LogP contribution is 1.96. The Bertz CT molecular complexity index is 295. The standard InChI is InChI=1S/C9H13N3O2/c1-2-4-11(6-7-13)9(14)12-5-3-10-8-12/h2-3,5,8,13H,1,4,6-7H2. The molecule has 0 saturated carbocycles. The summed E-state index contributed by atoms with van der Waals surface area (Å²) in [7, 11) is 0. The second kappa shape index (κ2) is 5.18. The highest BCUT2D eigenvalue weighted by Gasteiger charge is 2.12. The summed E-state index contributed by atoms with van der Waals surface area (Å²) in [5.74, 6) is 0. The van der Waals surface area contributed by atoms with Gasteiger partial charge in [0.05, 0.1) is 6.61 Å². The van der Waals surface area contributed by atoms with Gasteiger partial charge in [-0.25, -0.2) is 9.78 Å². The second-order valence-corrected chi connectivity index (χ2v) is 2.71. The van der Waals surface area contributed by atoms with Crippen LogP contribution in [0.5, 0.6) is 0 Å². The summed E-state index contributed by atoms with van der Waals surface area (Å²) < 4.78 is 1.36. The molecule has 0 aliphatic rings. The quantitative estimate of drug-likeness (QED) is 0.704. The van der Waals surface area contributed by atoms with Crippen molar-refractivity contribution in [1.29, 1.82) is 0 Å². The number of aliphatic hydroxyl groups excluding tert-OH is 1. The van der Waals surface area contributed by atoms with Crippen molar-refractivity contribution >= 4 is 6.03 Å². The van der Waals surface area contributed by atoms with Crippen molar-refractivity contribution < 1.29 is 9.90 Å². The van der Waals surface area contributed by atoms with Crippen molar-refractivity contribution in [1.82, 2.24) is 14.5 Å². The van der Waals surface area contributed by atoms with Crippen LogP contribution in [-0.4, -0.2) is 45.3 Å². The molecule has 0 spiro atoms. The maximum atomic E-state index is 11.7. The number of nitrogens with zero attached hydrogens (tertiary/aromatic N) is 3. The van der Waals surface area contributed by atoms with Crippen LogP contribution in [0.15, 0.2) is 31.4 Å². The van der Waals surface area contributed by atoms with E-state index in [9.17, 15) is 4.79 Å². The molecule has 0 saturated heterocycles. The van der Waals surface area contributed by atoms with E-state index in [2.05, 4.69) is 11.6 Å². The molecule has 0 aliphatic heterocycles. The summed E-state index contributed by atoms with van der Waals surface area (Å²) >= 11 is 0. The Morgan fingerprint density at radius 1 is 1.71 bits per heavy atom. The molecule has 1 N–H and O–H groups in total. The predicted octanol–water partition coefficient (Wildman–Crippen LogP) is 0.332. The van der Waals surface area contributed by atoms with Crippen molar-refractivity contribution in [2.75, 3.05) is 19.7 Å². The lowest BCUT2D eigenvalue weighted by Gasteiger charge is -2.19. The molecule has 5 heteroatoms. The van der Waals surface area contributed by atoms with Gasteiger partial charge in [0.25, 0.3) is 0 Å². The van der Waals surface area contributed by atoms with E-state index in [1.54, 1.807) is 12.3 Å². The summed E-state index contributed by atoms with van der Waals surface area (Å²) in [5, 5.41) is 8.76. The van der Waals surface area contributed by atoms with Crippen molar-refractivity contribution in [2.45, 2.75) is 0 Å². The van der Waals surface area contributed by atoms with E-state index in [0.29, 0.717) is 13.1 Å². The fraction of sp³-hybridized carbons (Fsp3) is 0.333. The fourth-order valence-electron chi connectivity index (χ4n) is 1.08. The lowest BCUT2D eigenvalue weighted by molar-refractivity contribution is 0.185. The summed E-state index contributed by atoms with van der Waals surface area (Å²) in [6.07, 6.45) is 6.14. The average Bonchev–Trinajstić information content (AvgIpc) is 2.69. The first-order valence-electron chi connectivity index (χ1n) is 4.28. The first kappa shape index (κ1) is 10.5. The number of hydrogen-bond donors (Lipinski definition) is 1. The third kappa shape index (κ3) is 2.43. The minimum absolute atomic E-state index is 0.0612. The highest BCUT2D eigenvalue weighted by molar-refractivity contribution is 5.76. The molecule has 5 nitrogen and oxygen atoms in total. The third-order valence-electron chi connectivity index (χ3n) is 1.72. The van der Waals surface area contributed by atoms with Gasteiger partial charge in [-0.3, -0.25) is 4.57 Å². The number of aromatic nitrogens is 2. The molecule has 0 unspecified atom stereocenters. The monoisotopic (exact) mass is 195 g/mol. The zero-order chi connectivity index (χ0) is 10.4. The molecule has 1 amide bonds. The van der Waals surface area contributed by atoms with E-state index in [4.69, 9.17) is 5.11 Å². The zero-order valence-electron chi connectivity index (χ0n) is 7.83. The van der Waals surface area contributed by atoms with Gasteiger partial charge in [-0.2, -0.15) is 0 Å². The first-order valence-corrected chi connectivity index (χ1v) is 4.28. The molecule has 1 heterocycles. The maximum absolute atomic E-state index is 11.7. The second-order valence-electron chi connectivity index (χ2n) is 2.71. The summed E-state index contributed by atoms with van der Waals surface area (Å²) in [4.78, 5) is 16.9. The summed E-state index contributed by atoms with van der Waals surface area (Å²) in [6.45, 7) is 4.19. The van der Waals surface area contributed by atoms with Crippen molar-refractivity contribution in [3.63, 3.8) is 0 Å². The van der Waals surface area contributed by atoms with E-state index >= 15 is 0 Å². The van der Waals surface area contributed by atoms with E-state index in [-0.39, 0.29) is 12.6 Å². The number of carbonyl (C=O) groups excluding carboxylic acids is 1. The van der Waals surface area contributed by atoms with Gasteiger partial charge in [-0.15, -0.1) is 6.58 Å². The molecule has 76 valence electrons. The Morgan fingerprint density at radius 3 is 3.00 bits per heavy atom. The number of rotatable bonds is 4. The SMILES string of the molecule is C=CCN(CCO)C(=O)n1ccnc1. The molecule has 1 aromatic rings. The van der Waals surface area contributed by atoms with E-state index in [0.717, 1.165) is 0 Å². The normalized spacial score (nSPS) is 9.79. The number of aliphatic hydroxyl groups is 1. The average molecular weight is 195 g/mol. The van der Waals surface area contributed by atoms with Crippen LogP contribution in [-0.2, 0) is 0 Å². The first-order chi connectivity index (χ1) is 6.79. The van der Waals surface area contributed by atoms with Crippen molar-refractivity contribution in [3.8, 4) is 0 Å². The van der Waals surface area contributed by atoms with Gasteiger partial charge in [0.2, 0.25) is 0 Å². The van der Waals surface area contributed by atoms with Crippen LogP contribution in [0.4, 0.5) is 4.79 Å². The van der Waals surface area contributed by atoms with Gasteiger partial charge in [-0.05, 0) is 0 Å². The molecule has 1 rings (SSSR count). The summed E-state index contributed by atoms with van der Waals surface area (Å²) in [5.41, 5.74) is 0. The van der Waals surface area contributed by atoms with Gasteiger partial charge < -0.3 is 10.0 Å². The number of carbonyl (C=O) groups is 1. The molecular formula is C9H13N3O2. The van der Waals surface area contributed by atoms with Crippen LogP contribution in [0.25, 0.3) is 0 Å². The number of imidazole rings is 1. The van der Waals surface area contributed by atoms with Gasteiger partial charge in [-0.1, -0.05) is 6.08 Å². The van der Waals surface area contributed by atoms with Gasteiger partial charge >= 0.3 is 6.03 Å². The van der Waals surface area contributed by atoms with Crippen LogP contribution >= 0.6 is 0 Å². The number of hydrogen-bond acceptors (Lipinski definition) is 3. The third-order valence-corrected chi connectivity index (χ3v) is 1.72. The van der Waals surface area contributed by atoms with Crippen LogP contribution in [0.3, 0.4) is 0 Å². The van der Waals surface area contributed by atoms with Crippen molar-refractivity contribution in [2.24, 2.45) is 0 Å². The smallest absolute Gasteiger partial charge is 0.329 e. The largest absolute Gasteiger partial charge is 0.395 e. The van der Waals surface area contributed by atoms with Crippen molar-refractivity contribution in [3.05, 3.63) is 31.4 Å². The number of amides is 1. The Hall–Kier alpha value is -1.62. The van der Waals surface area contributed by atoms with Crippen LogP contribution in [0.1, 0.15) is 0 Å². The minimum Gasteiger partial charge on any atom is -0.395 e. The van der Waals surface area contributed by atoms with Crippen LogP contribution in [0, 0.1) is 0 Å². The van der Waals surface area contributed by atoms with Crippen LogP contribution < -0.4 is 0 Å². The zero-order valence-corrected chi connectivity index (χ0v) is 7.83. The molecule has 0 bridgehead atoms. The fourth-order valence-corrected chi connectivity index (χ4v) is 1.08. The molecule has 0 aromatic carbocycles. The van der Waals surface area contributed by atoms with E-state index in [1.807, 2.05) is 0 Å². The Balaban J connectivity index is 2.68. The summed E-state index contributed by atoms with van der Waals surface area (Å²) in [6, 6.07) is -0.212. The Morgan fingerprint density at radius 2 is 2.50 bits per heavy atom. The molecule has 0 atom stereocenters. The molecule has 0 aliphatic carbocycles. The Kier molecular flexibility index (Phi) is 3.87. The lowest BCUT2D eigenvalue weighted by Crippen LogP contribution is -2.36. The molecule has 0 fully saturated rings. The molecule has 0 radical (unpaired) electrons. The molecule has 14 heavy (non-hydrogen) atoms. The highest BCUT2D eigenvalue weighted by atomic mass is 16.3. The molecule has 1 aromatic heterocycles. The van der Waals surface area contributed by atoms with Crippen LogP contribution in [0.2, 0.25) is 0 Å². The van der Waals surface area contributed by atoms with E-state index < -0.39 is 0 Å². The van der Waals surface area contributed by atoms with E-state index in [1.165, 1.54) is 22.0 Å². The van der Waals surface area contributed by atoms with Gasteiger partial charge in [0.1, 0.15) is 6.33 Å². The topological polar surface area (TPSA) is 58.4 Å². The Labute approximate surface area is 82.3 Å². The molecular weight excluding hydrogens is 182 g/mol. The maximum Gasteiger partial charge on any atom is 0.329 e. The lowest BCUT2D eigenvalue weighted by atomic mass is 10.5. The predicted molar refractivity (Wildman–Crippen MR) is 51.9 cm³/mol. The van der Waals surface area contributed by atoms with Gasteiger partial charge in [0, 0.05) is 25.5 Å². The van der Waals surface area contributed by atoms with Gasteiger partial charge in [0.15, 0.2) is 0 Å².